The normalized spacial score (nSPS) is 27.4. The molecule has 3 N–H and O–H groups in total. The van der Waals surface area contributed by atoms with E-state index in [0.717, 1.165) is 31.3 Å². The lowest BCUT2D eigenvalue weighted by molar-refractivity contribution is 0.0410. The topological polar surface area (TPSA) is 89.9 Å². The van der Waals surface area contributed by atoms with Crippen molar-refractivity contribution in [3.63, 3.8) is 0 Å². The van der Waals surface area contributed by atoms with Crippen molar-refractivity contribution in [1.29, 1.82) is 0 Å². The Hall–Kier alpha value is -2.13. The standard InChI is InChI=1S/C19H25N5O/c1-13-5-4-9-19(25,11-13)10-8-15-22-17(20)16-18(23-15)24(12-21-16)14-6-2-3-7-14/h12-14,25H,2-7,9,11H2,1H3,(H2,20,22,23)/t13-,19-/m1/s1. The van der Waals surface area contributed by atoms with Crippen LogP contribution in [0.1, 0.15) is 70.2 Å². The Kier molecular flexibility index (Phi) is 4.12. The first-order valence-corrected chi connectivity index (χ1v) is 9.30. The van der Waals surface area contributed by atoms with E-state index >= 15 is 0 Å². The number of anilines is 1. The van der Waals surface area contributed by atoms with E-state index in [1.807, 2.05) is 6.33 Å². The molecule has 2 saturated carbocycles. The molecule has 2 atom stereocenters. The summed E-state index contributed by atoms with van der Waals surface area (Å²) in [5.74, 6) is 7.21. The fourth-order valence-corrected chi connectivity index (χ4v) is 4.25. The first kappa shape index (κ1) is 16.3. The van der Waals surface area contributed by atoms with Gasteiger partial charge in [0.15, 0.2) is 11.5 Å². The van der Waals surface area contributed by atoms with Crippen LogP contribution in [-0.2, 0) is 0 Å². The second-order valence-corrected chi connectivity index (χ2v) is 7.68. The summed E-state index contributed by atoms with van der Waals surface area (Å²) in [6.07, 6.45) is 10.2. The van der Waals surface area contributed by atoms with Crippen LogP contribution in [-0.4, -0.2) is 30.2 Å². The van der Waals surface area contributed by atoms with Crippen LogP contribution < -0.4 is 5.73 Å². The van der Waals surface area contributed by atoms with Crippen molar-refractivity contribution >= 4 is 17.0 Å². The summed E-state index contributed by atoms with van der Waals surface area (Å²) in [5.41, 5.74) is 6.54. The summed E-state index contributed by atoms with van der Waals surface area (Å²) in [5, 5.41) is 10.7. The lowest BCUT2D eigenvalue weighted by Crippen LogP contribution is -2.32. The molecule has 132 valence electrons. The lowest BCUT2D eigenvalue weighted by atomic mass is 9.79. The predicted molar refractivity (Wildman–Crippen MR) is 96.7 cm³/mol. The molecule has 0 spiro atoms. The molecule has 0 unspecified atom stereocenters. The first-order chi connectivity index (χ1) is 12.0. The van der Waals surface area contributed by atoms with Gasteiger partial charge in [-0.05, 0) is 43.9 Å². The highest BCUT2D eigenvalue weighted by molar-refractivity contribution is 5.82. The average Bonchev–Trinajstić information content (AvgIpc) is 3.22. The van der Waals surface area contributed by atoms with Crippen LogP contribution in [0.2, 0.25) is 0 Å². The van der Waals surface area contributed by atoms with Crippen LogP contribution in [0.5, 0.6) is 0 Å². The van der Waals surface area contributed by atoms with Crippen molar-refractivity contribution in [3.05, 3.63) is 12.2 Å². The number of nitrogen functional groups attached to an aromatic ring is 1. The van der Waals surface area contributed by atoms with Gasteiger partial charge in [0.1, 0.15) is 11.1 Å². The van der Waals surface area contributed by atoms with Gasteiger partial charge in [-0.15, -0.1) is 0 Å². The van der Waals surface area contributed by atoms with Gasteiger partial charge in [-0.3, -0.25) is 0 Å². The minimum Gasteiger partial charge on any atom is -0.382 e. The molecule has 0 saturated heterocycles. The van der Waals surface area contributed by atoms with E-state index in [1.54, 1.807) is 0 Å². The Bertz CT molecular complexity index is 843. The van der Waals surface area contributed by atoms with Gasteiger partial charge < -0.3 is 15.4 Å². The smallest absolute Gasteiger partial charge is 0.209 e. The largest absolute Gasteiger partial charge is 0.382 e. The molecule has 0 aliphatic heterocycles. The molecule has 2 aliphatic rings. The molecule has 0 aromatic carbocycles. The summed E-state index contributed by atoms with van der Waals surface area (Å²) in [6.45, 7) is 2.16. The van der Waals surface area contributed by atoms with Crippen molar-refractivity contribution in [2.75, 3.05) is 5.73 Å². The second-order valence-electron chi connectivity index (χ2n) is 7.68. The van der Waals surface area contributed by atoms with Crippen molar-refractivity contribution in [2.45, 2.75) is 69.9 Å². The fourth-order valence-electron chi connectivity index (χ4n) is 4.25. The summed E-state index contributed by atoms with van der Waals surface area (Å²) in [4.78, 5) is 13.3. The molecular weight excluding hydrogens is 314 g/mol. The number of nitrogens with two attached hydrogens (primary N) is 1. The van der Waals surface area contributed by atoms with Crippen LogP contribution in [0.4, 0.5) is 5.82 Å². The molecule has 2 aliphatic carbocycles. The molecule has 2 heterocycles. The molecule has 6 heteroatoms. The first-order valence-electron chi connectivity index (χ1n) is 9.30. The van der Waals surface area contributed by atoms with Gasteiger partial charge in [0, 0.05) is 6.04 Å². The van der Waals surface area contributed by atoms with E-state index in [4.69, 9.17) is 5.73 Å². The van der Waals surface area contributed by atoms with Crippen molar-refractivity contribution in [3.8, 4) is 11.8 Å². The van der Waals surface area contributed by atoms with Gasteiger partial charge in [0.2, 0.25) is 5.82 Å². The maximum Gasteiger partial charge on any atom is 0.209 e. The van der Waals surface area contributed by atoms with Gasteiger partial charge >= 0.3 is 0 Å². The molecule has 2 aromatic heterocycles. The molecule has 0 radical (unpaired) electrons. The summed E-state index contributed by atoms with van der Waals surface area (Å²) >= 11 is 0. The van der Waals surface area contributed by atoms with E-state index in [9.17, 15) is 5.11 Å². The van der Waals surface area contributed by atoms with Crippen LogP contribution in [0.3, 0.4) is 0 Å². The number of imidazole rings is 1. The quantitative estimate of drug-likeness (QED) is 0.780. The molecule has 25 heavy (non-hydrogen) atoms. The van der Waals surface area contributed by atoms with E-state index in [-0.39, 0.29) is 0 Å². The van der Waals surface area contributed by atoms with Crippen molar-refractivity contribution in [2.24, 2.45) is 5.92 Å². The number of aromatic nitrogens is 4. The SMILES string of the molecule is C[C@@H]1CCC[C@@](O)(C#Cc2nc(N)c3ncn(C4CCCC4)c3n2)C1. The Labute approximate surface area is 147 Å². The van der Waals surface area contributed by atoms with Crippen LogP contribution >= 0.6 is 0 Å². The van der Waals surface area contributed by atoms with Crippen LogP contribution in [0.15, 0.2) is 6.33 Å². The van der Waals surface area contributed by atoms with Gasteiger partial charge in [0.05, 0.1) is 6.33 Å². The predicted octanol–water partition coefficient (Wildman–Crippen LogP) is 2.82. The Balaban J connectivity index is 1.69. The highest BCUT2D eigenvalue weighted by Crippen LogP contribution is 2.33. The maximum absolute atomic E-state index is 10.7. The molecule has 4 rings (SSSR count). The van der Waals surface area contributed by atoms with E-state index in [2.05, 4.69) is 38.3 Å². The summed E-state index contributed by atoms with van der Waals surface area (Å²) < 4.78 is 2.11. The van der Waals surface area contributed by atoms with E-state index in [0.29, 0.717) is 42.0 Å². The molecule has 0 amide bonds. The summed E-state index contributed by atoms with van der Waals surface area (Å²) in [7, 11) is 0. The zero-order valence-corrected chi connectivity index (χ0v) is 14.7. The van der Waals surface area contributed by atoms with E-state index < -0.39 is 5.60 Å². The molecule has 6 nitrogen and oxygen atoms in total. The molecule has 0 bridgehead atoms. The van der Waals surface area contributed by atoms with Crippen LogP contribution in [0, 0.1) is 17.8 Å². The Morgan fingerprint density at radius 1 is 1.24 bits per heavy atom. The lowest BCUT2D eigenvalue weighted by Gasteiger charge is -2.30. The minimum atomic E-state index is -0.934. The zero-order chi connectivity index (χ0) is 17.4. The monoisotopic (exact) mass is 339 g/mol. The third-order valence-electron chi connectivity index (χ3n) is 5.55. The number of nitrogens with zero attached hydrogens (tertiary/aromatic N) is 4. The second kappa shape index (κ2) is 6.30. The minimum absolute atomic E-state index is 0.357. The van der Waals surface area contributed by atoms with Gasteiger partial charge in [-0.25, -0.2) is 15.0 Å². The highest BCUT2D eigenvalue weighted by Gasteiger charge is 2.30. The number of hydrogen-bond acceptors (Lipinski definition) is 5. The maximum atomic E-state index is 10.7. The van der Waals surface area contributed by atoms with Gasteiger partial charge in [-0.1, -0.05) is 32.1 Å². The third-order valence-corrected chi connectivity index (χ3v) is 5.55. The highest BCUT2D eigenvalue weighted by atomic mass is 16.3. The number of hydrogen-bond donors (Lipinski definition) is 2. The van der Waals surface area contributed by atoms with Crippen molar-refractivity contribution in [1.82, 2.24) is 19.5 Å². The van der Waals surface area contributed by atoms with Gasteiger partial charge in [0.25, 0.3) is 0 Å². The van der Waals surface area contributed by atoms with Crippen molar-refractivity contribution < 1.29 is 5.11 Å². The third kappa shape index (κ3) is 3.21. The van der Waals surface area contributed by atoms with E-state index in [1.165, 1.54) is 12.8 Å². The average molecular weight is 339 g/mol. The molecular formula is C19H25N5O. The van der Waals surface area contributed by atoms with Gasteiger partial charge in [-0.2, -0.15) is 0 Å². The Morgan fingerprint density at radius 2 is 2.04 bits per heavy atom. The number of aliphatic hydroxyl groups is 1. The molecule has 2 fully saturated rings. The zero-order valence-electron chi connectivity index (χ0n) is 14.7. The van der Waals surface area contributed by atoms with Crippen LogP contribution in [0.25, 0.3) is 11.2 Å². The number of rotatable bonds is 1. The number of fused-ring (bicyclic) bond motifs is 1. The Morgan fingerprint density at radius 3 is 2.80 bits per heavy atom. The fraction of sp³-hybridized carbons (Fsp3) is 0.632. The summed E-state index contributed by atoms with van der Waals surface area (Å²) in [6, 6.07) is 0.434. The molecule has 2 aromatic rings.